The minimum atomic E-state index is -0.167. The summed E-state index contributed by atoms with van der Waals surface area (Å²) >= 11 is 5.90. The first-order chi connectivity index (χ1) is 16.1. The second-order valence-electron chi connectivity index (χ2n) is 7.60. The number of aromatic nitrogens is 3. The summed E-state index contributed by atoms with van der Waals surface area (Å²) in [6, 6.07) is 14.5. The molecule has 2 aromatic carbocycles. The molecule has 1 fully saturated rings. The number of methoxy groups -OCH3 is 1. The topological polar surface area (TPSA) is 102 Å². The van der Waals surface area contributed by atoms with Crippen molar-refractivity contribution in [3.63, 3.8) is 0 Å². The highest BCUT2D eigenvalue weighted by molar-refractivity contribution is 6.30. The van der Waals surface area contributed by atoms with Crippen LogP contribution in [0.4, 0.5) is 17.6 Å². The Bertz CT molecular complexity index is 1080. The summed E-state index contributed by atoms with van der Waals surface area (Å²) in [6.07, 6.45) is 1.48. The molecule has 1 saturated heterocycles. The van der Waals surface area contributed by atoms with Gasteiger partial charge in [-0.15, -0.1) is 0 Å². The highest BCUT2D eigenvalue weighted by Gasteiger charge is 2.29. The van der Waals surface area contributed by atoms with Crippen molar-refractivity contribution in [3.8, 4) is 5.75 Å². The summed E-state index contributed by atoms with van der Waals surface area (Å²) in [5.41, 5.74) is 1.25. The Morgan fingerprint density at radius 2 is 2.00 bits per heavy atom. The van der Waals surface area contributed by atoms with Gasteiger partial charge in [-0.05, 0) is 42.5 Å². The largest absolute Gasteiger partial charge is 0.493 e. The van der Waals surface area contributed by atoms with Gasteiger partial charge in [0.1, 0.15) is 12.1 Å². The molecule has 10 heteroatoms. The van der Waals surface area contributed by atoms with E-state index in [-0.39, 0.29) is 5.91 Å². The molecule has 0 radical (unpaired) electrons. The summed E-state index contributed by atoms with van der Waals surface area (Å²) in [6.45, 7) is 3.13. The Balaban J connectivity index is 1.29. The highest BCUT2D eigenvalue weighted by Crippen LogP contribution is 2.24. The molecule has 0 saturated carbocycles. The number of carbonyl (C=O) groups excluding carboxylic acids is 1. The average Bonchev–Trinajstić information content (AvgIpc) is 2.80. The monoisotopic (exact) mass is 468 g/mol. The zero-order valence-corrected chi connectivity index (χ0v) is 19.0. The van der Waals surface area contributed by atoms with Crippen LogP contribution in [-0.4, -0.2) is 60.8 Å². The number of nitrogens with zero attached hydrogens (tertiary/aromatic N) is 4. The SMILES string of the molecule is COCCNC(=O)c1cccc(Nc2ncnc(N3CC(COc4ccc(Cl)cc4)C3)n2)c1. The number of hydrogen-bond acceptors (Lipinski definition) is 8. The molecule has 4 rings (SSSR count). The van der Waals surface area contributed by atoms with E-state index < -0.39 is 0 Å². The second kappa shape index (κ2) is 10.9. The number of halogens is 1. The van der Waals surface area contributed by atoms with Gasteiger partial charge in [0.05, 0.1) is 13.2 Å². The van der Waals surface area contributed by atoms with Crippen molar-refractivity contribution < 1.29 is 14.3 Å². The van der Waals surface area contributed by atoms with Crippen LogP contribution in [0.3, 0.4) is 0 Å². The molecule has 0 aliphatic carbocycles. The smallest absolute Gasteiger partial charge is 0.251 e. The van der Waals surface area contributed by atoms with Crippen molar-refractivity contribution in [2.24, 2.45) is 5.92 Å². The number of ether oxygens (including phenoxy) is 2. The number of anilines is 3. The third kappa shape index (κ3) is 6.30. The molecule has 172 valence electrons. The number of carbonyl (C=O) groups is 1. The van der Waals surface area contributed by atoms with Gasteiger partial charge in [-0.1, -0.05) is 17.7 Å². The average molecular weight is 469 g/mol. The van der Waals surface area contributed by atoms with Crippen molar-refractivity contribution >= 4 is 35.1 Å². The number of hydrogen-bond donors (Lipinski definition) is 2. The summed E-state index contributed by atoms with van der Waals surface area (Å²) < 4.78 is 10.8. The van der Waals surface area contributed by atoms with Crippen molar-refractivity contribution in [1.82, 2.24) is 20.3 Å². The Hall–Kier alpha value is -3.43. The lowest BCUT2D eigenvalue weighted by Crippen LogP contribution is -2.50. The minimum absolute atomic E-state index is 0.167. The van der Waals surface area contributed by atoms with Gasteiger partial charge in [0.2, 0.25) is 11.9 Å². The maximum atomic E-state index is 12.2. The van der Waals surface area contributed by atoms with Gasteiger partial charge in [-0.25, -0.2) is 9.97 Å². The second-order valence-corrected chi connectivity index (χ2v) is 8.04. The van der Waals surface area contributed by atoms with E-state index in [1.165, 1.54) is 6.33 Å². The van der Waals surface area contributed by atoms with Crippen LogP contribution in [0.5, 0.6) is 5.75 Å². The minimum Gasteiger partial charge on any atom is -0.493 e. The number of nitrogens with one attached hydrogen (secondary N) is 2. The van der Waals surface area contributed by atoms with Gasteiger partial charge < -0.3 is 25.0 Å². The normalized spacial score (nSPS) is 13.3. The first-order valence-electron chi connectivity index (χ1n) is 10.6. The van der Waals surface area contributed by atoms with Gasteiger partial charge >= 0.3 is 0 Å². The fraction of sp³-hybridized carbons (Fsp3) is 0.304. The van der Waals surface area contributed by atoms with E-state index in [1.54, 1.807) is 25.3 Å². The maximum Gasteiger partial charge on any atom is 0.251 e. The quantitative estimate of drug-likeness (QED) is 0.437. The van der Waals surface area contributed by atoms with E-state index in [1.807, 2.05) is 30.3 Å². The molecule has 1 amide bonds. The molecule has 9 nitrogen and oxygen atoms in total. The van der Waals surface area contributed by atoms with Crippen LogP contribution in [0.15, 0.2) is 54.9 Å². The third-order valence-corrected chi connectivity index (χ3v) is 5.32. The highest BCUT2D eigenvalue weighted by atomic mass is 35.5. The molecule has 1 aromatic heterocycles. The van der Waals surface area contributed by atoms with Gasteiger partial charge in [-0.2, -0.15) is 4.98 Å². The van der Waals surface area contributed by atoms with E-state index >= 15 is 0 Å². The van der Waals surface area contributed by atoms with Crippen molar-refractivity contribution in [2.75, 3.05) is 50.2 Å². The zero-order chi connectivity index (χ0) is 23.0. The number of amides is 1. The van der Waals surface area contributed by atoms with Crippen LogP contribution < -0.4 is 20.3 Å². The fourth-order valence-electron chi connectivity index (χ4n) is 3.32. The molecular weight excluding hydrogens is 444 g/mol. The first-order valence-corrected chi connectivity index (χ1v) is 10.9. The van der Waals surface area contributed by atoms with Crippen LogP contribution in [0.2, 0.25) is 5.02 Å². The van der Waals surface area contributed by atoms with Gasteiger partial charge in [-0.3, -0.25) is 4.79 Å². The summed E-state index contributed by atoms with van der Waals surface area (Å²) in [5, 5.41) is 6.63. The maximum absolute atomic E-state index is 12.2. The fourth-order valence-corrected chi connectivity index (χ4v) is 3.45. The molecule has 0 bridgehead atoms. The van der Waals surface area contributed by atoms with E-state index in [0.29, 0.717) is 53.8 Å². The van der Waals surface area contributed by atoms with Gasteiger partial charge in [0, 0.05) is 48.9 Å². The van der Waals surface area contributed by atoms with Crippen LogP contribution in [0, 0.1) is 5.92 Å². The Morgan fingerprint density at radius 3 is 2.79 bits per heavy atom. The standard InChI is InChI=1S/C23H25ClN6O3/c1-32-10-9-25-21(31)17-3-2-4-19(11-17)28-22-26-15-27-23(29-22)30-12-16(13-30)14-33-20-7-5-18(24)6-8-20/h2-8,11,15-16H,9-10,12-14H2,1H3,(H,25,31)(H,26,27,28,29). The molecule has 0 unspecified atom stereocenters. The van der Waals surface area contributed by atoms with E-state index in [0.717, 1.165) is 18.8 Å². The zero-order valence-electron chi connectivity index (χ0n) is 18.2. The Morgan fingerprint density at radius 1 is 1.18 bits per heavy atom. The van der Waals surface area contributed by atoms with Crippen LogP contribution >= 0.6 is 11.6 Å². The van der Waals surface area contributed by atoms with E-state index in [9.17, 15) is 4.79 Å². The Kier molecular flexibility index (Phi) is 7.54. The van der Waals surface area contributed by atoms with E-state index in [2.05, 4.69) is 30.5 Å². The van der Waals surface area contributed by atoms with E-state index in [4.69, 9.17) is 21.1 Å². The lowest BCUT2D eigenvalue weighted by Gasteiger charge is -2.38. The third-order valence-electron chi connectivity index (χ3n) is 5.07. The molecule has 33 heavy (non-hydrogen) atoms. The van der Waals surface area contributed by atoms with Crippen LogP contribution in [0.1, 0.15) is 10.4 Å². The molecule has 1 aliphatic heterocycles. The molecule has 2 N–H and O–H groups in total. The van der Waals surface area contributed by atoms with Crippen LogP contribution in [-0.2, 0) is 4.74 Å². The lowest BCUT2D eigenvalue weighted by molar-refractivity contribution is 0.0937. The van der Waals surface area contributed by atoms with Crippen molar-refractivity contribution in [3.05, 3.63) is 65.4 Å². The van der Waals surface area contributed by atoms with Crippen molar-refractivity contribution in [1.29, 1.82) is 0 Å². The number of rotatable bonds is 10. The lowest BCUT2D eigenvalue weighted by atomic mass is 10.0. The van der Waals surface area contributed by atoms with Crippen LogP contribution in [0.25, 0.3) is 0 Å². The number of benzene rings is 2. The first kappa shape index (κ1) is 22.8. The molecule has 0 atom stereocenters. The molecule has 1 aliphatic rings. The van der Waals surface area contributed by atoms with Crippen molar-refractivity contribution in [2.45, 2.75) is 0 Å². The molecule has 0 spiro atoms. The predicted molar refractivity (Wildman–Crippen MR) is 126 cm³/mol. The van der Waals surface area contributed by atoms with Gasteiger partial charge in [0.15, 0.2) is 0 Å². The summed E-state index contributed by atoms with van der Waals surface area (Å²) in [7, 11) is 1.59. The molecule has 3 aromatic rings. The molecule has 2 heterocycles. The predicted octanol–water partition coefficient (Wildman–Crippen LogP) is 3.16. The van der Waals surface area contributed by atoms with Gasteiger partial charge in [0.25, 0.3) is 5.91 Å². The summed E-state index contributed by atoms with van der Waals surface area (Å²) in [4.78, 5) is 27.3. The Labute approximate surface area is 197 Å². The summed E-state index contributed by atoms with van der Waals surface area (Å²) in [5.74, 6) is 2.04. The molecular formula is C23H25ClN6O3.